The molecule has 0 aromatic heterocycles. The zero-order chi connectivity index (χ0) is 29.7. The van der Waals surface area contributed by atoms with Gasteiger partial charge in [0.2, 0.25) is 6.41 Å². The molecule has 2 aliphatic rings. The van der Waals surface area contributed by atoms with Gasteiger partial charge in [-0.3, -0.25) is 9.80 Å². The molecule has 0 spiro atoms. The van der Waals surface area contributed by atoms with Crippen LogP contribution >= 0.6 is 0 Å². The SMILES string of the molecule is COC(=O)C1=C(C)NC(=O)N(N(C=O)CCNC2CCC(C#N)(c3ccccc3F)CC2)C1c1ccc(F)c(F)c1. The number of hydrazine groups is 1. The van der Waals surface area contributed by atoms with E-state index in [2.05, 4.69) is 16.7 Å². The maximum absolute atomic E-state index is 14.4. The zero-order valence-electron chi connectivity index (χ0n) is 22.6. The molecule has 216 valence electrons. The van der Waals surface area contributed by atoms with Crippen LogP contribution in [0.15, 0.2) is 53.7 Å². The Morgan fingerprint density at radius 3 is 2.51 bits per heavy atom. The maximum Gasteiger partial charge on any atom is 0.341 e. The van der Waals surface area contributed by atoms with Crippen LogP contribution in [0.5, 0.6) is 0 Å². The molecular weight excluding hydrogens is 539 g/mol. The van der Waals surface area contributed by atoms with Gasteiger partial charge in [-0.1, -0.05) is 24.3 Å². The van der Waals surface area contributed by atoms with Crippen LogP contribution in [0.3, 0.4) is 0 Å². The lowest BCUT2D eigenvalue weighted by molar-refractivity contribution is -0.141. The van der Waals surface area contributed by atoms with E-state index < -0.39 is 40.9 Å². The molecule has 2 aromatic carbocycles. The van der Waals surface area contributed by atoms with Gasteiger partial charge >= 0.3 is 12.0 Å². The lowest BCUT2D eigenvalue weighted by atomic mass is 9.69. The first kappa shape index (κ1) is 29.6. The predicted molar refractivity (Wildman–Crippen MR) is 141 cm³/mol. The second kappa shape index (κ2) is 12.4. The molecule has 3 amide bonds. The second-order valence-electron chi connectivity index (χ2n) is 10.1. The van der Waals surface area contributed by atoms with E-state index in [1.54, 1.807) is 18.2 Å². The lowest BCUT2D eigenvalue weighted by Gasteiger charge is -2.42. The van der Waals surface area contributed by atoms with Crippen molar-refractivity contribution in [2.45, 2.75) is 50.1 Å². The molecule has 0 saturated heterocycles. The molecular formula is C29H30F3N5O4. The smallest absolute Gasteiger partial charge is 0.341 e. The summed E-state index contributed by atoms with van der Waals surface area (Å²) in [7, 11) is 1.14. The maximum atomic E-state index is 14.4. The number of ether oxygens (including phenoxy) is 1. The zero-order valence-corrected chi connectivity index (χ0v) is 22.6. The first-order valence-electron chi connectivity index (χ1n) is 13.1. The highest BCUT2D eigenvalue weighted by Gasteiger charge is 2.42. The number of benzene rings is 2. The van der Waals surface area contributed by atoms with Crippen LogP contribution in [0, 0.1) is 28.8 Å². The normalized spacial score (nSPS) is 22.5. The number of carbonyl (C=O) groups excluding carboxylic acids is 3. The first-order valence-corrected chi connectivity index (χ1v) is 13.1. The van der Waals surface area contributed by atoms with E-state index in [0.717, 1.165) is 29.3 Å². The third-order valence-electron chi connectivity index (χ3n) is 7.70. The van der Waals surface area contributed by atoms with Gasteiger partial charge in [-0.25, -0.2) is 27.8 Å². The highest BCUT2D eigenvalue weighted by Crippen LogP contribution is 2.40. The number of allylic oxidation sites excluding steroid dienone is 1. The lowest BCUT2D eigenvalue weighted by Crippen LogP contribution is -2.57. The Balaban J connectivity index is 1.49. The summed E-state index contributed by atoms with van der Waals surface area (Å²) in [6.45, 7) is 1.68. The van der Waals surface area contributed by atoms with Crippen molar-refractivity contribution >= 4 is 18.4 Å². The highest BCUT2D eigenvalue weighted by molar-refractivity contribution is 5.95. The number of esters is 1. The molecule has 0 radical (unpaired) electrons. The Kier molecular flexibility index (Phi) is 8.98. The predicted octanol–water partition coefficient (Wildman–Crippen LogP) is 3.98. The van der Waals surface area contributed by atoms with Crippen molar-refractivity contribution in [3.63, 3.8) is 0 Å². The minimum atomic E-state index is -1.27. The molecule has 1 aliphatic heterocycles. The number of hydrogen-bond acceptors (Lipinski definition) is 6. The molecule has 9 nitrogen and oxygen atoms in total. The van der Waals surface area contributed by atoms with Gasteiger partial charge in [-0.05, 0) is 56.4 Å². The molecule has 12 heteroatoms. The fourth-order valence-electron chi connectivity index (χ4n) is 5.56. The monoisotopic (exact) mass is 569 g/mol. The molecule has 2 aromatic rings. The van der Waals surface area contributed by atoms with E-state index in [9.17, 15) is 32.8 Å². The molecule has 0 bridgehead atoms. The van der Waals surface area contributed by atoms with Gasteiger partial charge < -0.3 is 15.4 Å². The third kappa shape index (κ3) is 5.90. The minimum Gasteiger partial charge on any atom is -0.466 e. The van der Waals surface area contributed by atoms with E-state index in [1.807, 2.05) is 0 Å². The Labute approximate surface area is 235 Å². The van der Waals surface area contributed by atoms with Crippen LogP contribution in [-0.2, 0) is 19.7 Å². The number of urea groups is 1. The number of amides is 3. The Hall–Kier alpha value is -4.37. The van der Waals surface area contributed by atoms with Gasteiger partial charge in [0.1, 0.15) is 11.9 Å². The van der Waals surface area contributed by atoms with E-state index in [0.29, 0.717) is 37.7 Å². The van der Waals surface area contributed by atoms with Gasteiger partial charge in [0.15, 0.2) is 11.6 Å². The van der Waals surface area contributed by atoms with Gasteiger partial charge in [0.05, 0.1) is 30.7 Å². The third-order valence-corrected chi connectivity index (χ3v) is 7.70. The quantitative estimate of drug-likeness (QED) is 0.349. The Bertz CT molecular complexity index is 1400. The van der Waals surface area contributed by atoms with E-state index >= 15 is 0 Å². The average molecular weight is 570 g/mol. The standard InChI is InChI=1S/C29H30F3N5O4/c1-18-25(27(39)41-2)26(19-7-8-23(31)24(32)15-19)37(28(40)35-18)36(17-38)14-13-34-20-9-11-29(16-33,12-10-20)21-5-3-4-6-22(21)30/h3-8,15,17,20,26,34H,9-14H2,1-2H3,(H,35,40). The molecule has 2 N–H and O–H groups in total. The van der Waals surface area contributed by atoms with Gasteiger partial charge in [-0.2, -0.15) is 5.26 Å². The van der Waals surface area contributed by atoms with Crippen molar-refractivity contribution < 1.29 is 32.3 Å². The first-order chi connectivity index (χ1) is 19.7. The molecule has 1 saturated carbocycles. The number of carbonyl (C=O) groups is 3. The van der Waals surface area contributed by atoms with E-state index in [-0.39, 0.29) is 36.0 Å². The summed E-state index contributed by atoms with van der Waals surface area (Å²) in [6, 6.07) is 9.50. The van der Waals surface area contributed by atoms with Crippen LogP contribution in [0.1, 0.15) is 49.8 Å². The van der Waals surface area contributed by atoms with Crippen LogP contribution < -0.4 is 10.6 Å². The molecule has 1 atom stereocenters. The van der Waals surface area contributed by atoms with Crippen molar-refractivity contribution in [3.8, 4) is 6.07 Å². The van der Waals surface area contributed by atoms with Crippen LogP contribution in [-0.4, -0.2) is 54.7 Å². The highest BCUT2D eigenvalue weighted by atomic mass is 19.2. The average Bonchev–Trinajstić information content (AvgIpc) is 2.97. The fourth-order valence-corrected chi connectivity index (χ4v) is 5.56. The summed E-state index contributed by atoms with van der Waals surface area (Å²) in [6.07, 6.45) is 2.46. The topological polar surface area (TPSA) is 115 Å². The largest absolute Gasteiger partial charge is 0.466 e. The van der Waals surface area contributed by atoms with Crippen molar-refractivity contribution in [3.05, 3.63) is 82.3 Å². The number of halogens is 3. The summed E-state index contributed by atoms with van der Waals surface area (Å²) in [5, 5.41) is 17.8. The number of nitriles is 1. The minimum absolute atomic E-state index is 0.0161. The molecule has 1 unspecified atom stereocenters. The summed E-state index contributed by atoms with van der Waals surface area (Å²) in [5.41, 5.74) is -0.374. The van der Waals surface area contributed by atoms with Crippen LogP contribution in [0.25, 0.3) is 0 Å². The summed E-state index contributed by atoms with van der Waals surface area (Å²) in [5.74, 6) is -3.52. The number of nitrogens with zero attached hydrogens (tertiary/aromatic N) is 3. The van der Waals surface area contributed by atoms with E-state index in [4.69, 9.17) is 4.74 Å². The molecule has 1 heterocycles. The van der Waals surface area contributed by atoms with Gasteiger partial charge in [0, 0.05) is 23.8 Å². The summed E-state index contributed by atoms with van der Waals surface area (Å²) >= 11 is 0. The van der Waals surface area contributed by atoms with E-state index in [1.165, 1.54) is 19.1 Å². The summed E-state index contributed by atoms with van der Waals surface area (Å²) in [4.78, 5) is 38.0. The van der Waals surface area contributed by atoms with Crippen molar-refractivity contribution in [1.29, 1.82) is 5.26 Å². The number of nitrogens with one attached hydrogen (secondary N) is 2. The van der Waals surface area contributed by atoms with Crippen molar-refractivity contribution in [2.75, 3.05) is 20.2 Å². The molecule has 4 rings (SSSR count). The Morgan fingerprint density at radius 2 is 1.90 bits per heavy atom. The Morgan fingerprint density at radius 1 is 1.20 bits per heavy atom. The molecule has 1 aliphatic carbocycles. The molecule has 1 fully saturated rings. The van der Waals surface area contributed by atoms with Crippen LogP contribution in [0.2, 0.25) is 0 Å². The van der Waals surface area contributed by atoms with Gasteiger partial charge in [0.25, 0.3) is 0 Å². The molecule has 41 heavy (non-hydrogen) atoms. The fraction of sp³-hybridized carbons (Fsp3) is 0.379. The van der Waals surface area contributed by atoms with Gasteiger partial charge in [-0.15, -0.1) is 0 Å². The summed E-state index contributed by atoms with van der Waals surface area (Å²) < 4.78 is 47.2. The van der Waals surface area contributed by atoms with Crippen molar-refractivity contribution in [1.82, 2.24) is 20.7 Å². The number of methoxy groups -OCH3 is 1. The second-order valence-corrected chi connectivity index (χ2v) is 10.1. The number of rotatable bonds is 9. The van der Waals surface area contributed by atoms with Crippen molar-refractivity contribution in [2.24, 2.45) is 0 Å². The number of hydrogen-bond donors (Lipinski definition) is 2. The van der Waals surface area contributed by atoms with Crippen LogP contribution in [0.4, 0.5) is 18.0 Å².